The predicted molar refractivity (Wildman–Crippen MR) is 123 cm³/mol. The van der Waals surface area contributed by atoms with Gasteiger partial charge in [-0.25, -0.2) is 14.5 Å². The SMILES string of the molecule is COc1cccc(-c2nc(COC(=O)c3ccc(-n4nc(C)cc4C)cc3)cs2)c1OC. The van der Waals surface area contributed by atoms with Crippen molar-refractivity contribution in [1.29, 1.82) is 0 Å². The van der Waals surface area contributed by atoms with Crippen LogP contribution in [0.5, 0.6) is 11.5 Å². The second-order valence-corrected chi connectivity index (χ2v) is 8.01. The summed E-state index contributed by atoms with van der Waals surface area (Å²) < 4.78 is 18.1. The number of carbonyl (C=O) groups excluding carboxylic acids is 1. The Morgan fingerprint density at radius 3 is 2.50 bits per heavy atom. The van der Waals surface area contributed by atoms with E-state index in [1.165, 1.54) is 11.3 Å². The summed E-state index contributed by atoms with van der Waals surface area (Å²) >= 11 is 1.45. The van der Waals surface area contributed by atoms with Crippen LogP contribution in [-0.4, -0.2) is 35.0 Å². The molecule has 0 saturated carbocycles. The third-order valence-electron chi connectivity index (χ3n) is 4.89. The van der Waals surface area contributed by atoms with Gasteiger partial charge in [0.25, 0.3) is 0 Å². The molecule has 0 N–H and O–H groups in total. The molecule has 0 aliphatic carbocycles. The van der Waals surface area contributed by atoms with Crippen LogP contribution >= 0.6 is 11.3 Å². The molecule has 0 saturated heterocycles. The first-order valence-electron chi connectivity index (χ1n) is 9.96. The number of para-hydroxylation sites is 1. The highest BCUT2D eigenvalue weighted by Gasteiger charge is 2.16. The number of ether oxygens (including phenoxy) is 3. The first-order chi connectivity index (χ1) is 15.5. The zero-order chi connectivity index (χ0) is 22.7. The summed E-state index contributed by atoms with van der Waals surface area (Å²) in [6.45, 7) is 4.02. The summed E-state index contributed by atoms with van der Waals surface area (Å²) in [5, 5.41) is 7.09. The van der Waals surface area contributed by atoms with E-state index in [-0.39, 0.29) is 6.61 Å². The van der Waals surface area contributed by atoms with Gasteiger partial charge in [-0.2, -0.15) is 5.10 Å². The molecule has 32 heavy (non-hydrogen) atoms. The third kappa shape index (κ3) is 4.36. The fraction of sp³-hybridized carbons (Fsp3) is 0.208. The Morgan fingerprint density at radius 2 is 1.84 bits per heavy atom. The number of thiazole rings is 1. The van der Waals surface area contributed by atoms with E-state index in [9.17, 15) is 4.79 Å². The van der Waals surface area contributed by atoms with Crippen molar-refractivity contribution in [3.8, 4) is 27.8 Å². The first-order valence-corrected chi connectivity index (χ1v) is 10.8. The van der Waals surface area contributed by atoms with Crippen molar-refractivity contribution in [3.63, 3.8) is 0 Å². The lowest BCUT2D eigenvalue weighted by Crippen LogP contribution is -2.06. The van der Waals surface area contributed by atoms with E-state index in [0.717, 1.165) is 27.6 Å². The van der Waals surface area contributed by atoms with Gasteiger partial charge in [0, 0.05) is 11.1 Å². The van der Waals surface area contributed by atoms with Gasteiger partial charge in [-0.3, -0.25) is 0 Å². The number of esters is 1. The zero-order valence-electron chi connectivity index (χ0n) is 18.3. The summed E-state index contributed by atoms with van der Waals surface area (Å²) in [5.74, 6) is 0.853. The van der Waals surface area contributed by atoms with Gasteiger partial charge in [0.2, 0.25) is 0 Å². The van der Waals surface area contributed by atoms with Gasteiger partial charge in [0.05, 0.1) is 42.4 Å². The normalized spacial score (nSPS) is 10.8. The van der Waals surface area contributed by atoms with Crippen LogP contribution in [-0.2, 0) is 11.3 Å². The predicted octanol–water partition coefficient (Wildman–Crippen LogP) is 4.99. The van der Waals surface area contributed by atoms with E-state index in [2.05, 4.69) is 10.1 Å². The summed E-state index contributed by atoms with van der Waals surface area (Å²) in [6, 6.07) is 14.8. The molecular formula is C24H23N3O4S. The van der Waals surface area contributed by atoms with Crippen LogP contribution in [0.2, 0.25) is 0 Å². The summed E-state index contributed by atoms with van der Waals surface area (Å²) in [4.78, 5) is 17.1. The Kier molecular flexibility index (Phi) is 6.23. The molecule has 7 nitrogen and oxygen atoms in total. The summed E-state index contributed by atoms with van der Waals surface area (Å²) in [5.41, 5.74) is 4.84. The Balaban J connectivity index is 1.43. The Morgan fingerprint density at radius 1 is 1.06 bits per heavy atom. The van der Waals surface area contributed by atoms with Crippen molar-refractivity contribution >= 4 is 17.3 Å². The highest BCUT2D eigenvalue weighted by molar-refractivity contribution is 7.13. The van der Waals surface area contributed by atoms with E-state index < -0.39 is 5.97 Å². The monoisotopic (exact) mass is 449 g/mol. The van der Waals surface area contributed by atoms with Gasteiger partial charge in [0.1, 0.15) is 11.6 Å². The van der Waals surface area contributed by atoms with Crippen LogP contribution in [0, 0.1) is 13.8 Å². The Hall–Kier alpha value is -3.65. The quantitative estimate of drug-likeness (QED) is 0.370. The maximum absolute atomic E-state index is 12.5. The summed E-state index contributed by atoms with van der Waals surface area (Å²) in [6.07, 6.45) is 0. The molecule has 0 bridgehead atoms. The fourth-order valence-electron chi connectivity index (χ4n) is 3.40. The van der Waals surface area contributed by atoms with Crippen molar-refractivity contribution in [2.45, 2.75) is 20.5 Å². The van der Waals surface area contributed by atoms with Crippen LogP contribution in [0.1, 0.15) is 27.4 Å². The van der Waals surface area contributed by atoms with E-state index in [0.29, 0.717) is 22.8 Å². The molecular weight excluding hydrogens is 426 g/mol. The second-order valence-electron chi connectivity index (χ2n) is 7.15. The number of hydrogen-bond acceptors (Lipinski definition) is 7. The van der Waals surface area contributed by atoms with Gasteiger partial charge in [-0.05, 0) is 56.3 Å². The molecule has 2 aromatic heterocycles. The van der Waals surface area contributed by atoms with Gasteiger partial charge >= 0.3 is 5.97 Å². The molecule has 4 aromatic rings. The standard InChI is InChI=1S/C24H23N3O4S/c1-15-12-16(2)27(26-15)19-10-8-17(9-11-19)24(28)31-13-18-14-32-23(25-18)20-6-5-7-21(29-3)22(20)30-4/h5-12,14H,13H2,1-4H3. The minimum atomic E-state index is -0.404. The lowest BCUT2D eigenvalue weighted by molar-refractivity contribution is 0.0468. The van der Waals surface area contributed by atoms with Crippen molar-refractivity contribution in [3.05, 3.63) is 76.6 Å². The average Bonchev–Trinajstić information content (AvgIpc) is 3.42. The fourth-order valence-corrected chi connectivity index (χ4v) is 4.23. The largest absolute Gasteiger partial charge is 0.493 e. The number of hydrogen-bond donors (Lipinski definition) is 0. The van der Waals surface area contributed by atoms with Crippen molar-refractivity contribution in [1.82, 2.24) is 14.8 Å². The maximum Gasteiger partial charge on any atom is 0.338 e. The molecule has 0 spiro atoms. The summed E-state index contributed by atoms with van der Waals surface area (Å²) in [7, 11) is 3.19. The smallest absolute Gasteiger partial charge is 0.338 e. The number of benzene rings is 2. The Labute approximate surface area is 190 Å². The molecule has 8 heteroatoms. The minimum Gasteiger partial charge on any atom is -0.493 e. The zero-order valence-corrected chi connectivity index (χ0v) is 19.1. The molecule has 0 atom stereocenters. The molecule has 0 aliphatic heterocycles. The van der Waals surface area contributed by atoms with Gasteiger partial charge in [-0.1, -0.05) is 6.07 Å². The number of carbonyl (C=O) groups is 1. The van der Waals surface area contributed by atoms with Gasteiger partial charge < -0.3 is 14.2 Å². The highest BCUT2D eigenvalue weighted by Crippen LogP contribution is 2.39. The van der Waals surface area contributed by atoms with Crippen LogP contribution in [0.15, 0.2) is 53.9 Å². The number of aryl methyl sites for hydroxylation is 2. The lowest BCUT2D eigenvalue weighted by atomic mass is 10.2. The minimum absolute atomic E-state index is 0.0842. The number of nitrogens with zero attached hydrogens (tertiary/aromatic N) is 3. The second kappa shape index (κ2) is 9.23. The van der Waals surface area contributed by atoms with E-state index in [1.807, 2.05) is 60.3 Å². The maximum atomic E-state index is 12.5. The Bertz CT molecular complexity index is 1240. The molecule has 0 amide bonds. The third-order valence-corrected chi connectivity index (χ3v) is 5.82. The van der Waals surface area contributed by atoms with E-state index in [1.54, 1.807) is 26.4 Å². The van der Waals surface area contributed by atoms with E-state index in [4.69, 9.17) is 14.2 Å². The topological polar surface area (TPSA) is 75.5 Å². The molecule has 0 radical (unpaired) electrons. The van der Waals surface area contributed by atoms with Crippen molar-refractivity contribution < 1.29 is 19.0 Å². The van der Waals surface area contributed by atoms with Crippen LogP contribution < -0.4 is 9.47 Å². The number of aromatic nitrogens is 3. The molecule has 4 rings (SSSR count). The van der Waals surface area contributed by atoms with Gasteiger partial charge in [-0.15, -0.1) is 11.3 Å². The lowest BCUT2D eigenvalue weighted by Gasteiger charge is -2.10. The van der Waals surface area contributed by atoms with Gasteiger partial charge in [0.15, 0.2) is 11.5 Å². The molecule has 2 heterocycles. The number of methoxy groups -OCH3 is 2. The molecule has 0 aliphatic rings. The van der Waals surface area contributed by atoms with Crippen LogP contribution in [0.25, 0.3) is 16.3 Å². The molecule has 0 unspecified atom stereocenters. The van der Waals surface area contributed by atoms with E-state index >= 15 is 0 Å². The first kappa shape index (κ1) is 21.6. The van der Waals surface area contributed by atoms with Crippen LogP contribution in [0.3, 0.4) is 0 Å². The number of rotatable bonds is 7. The highest BCUT2D eigenvalue weighted by atomic mass is 32.1. The molecule has 0 fully saturated rings. The van der Waals surface area contributed by atoms with Crippen LogP contribution in [0.4, 0.5) is 0 Å². The molecule has 164 valence electrons. The van der Waals surface area contributed by atoms with Crippen molar-refractivity contribution in [2.75, 3.05) is 14.2 Å². The molecule has 2 aromatic carbocycles. The van der Waals surface area contributed by atoms with Crippen molar-refractivity contribution in [2.24, 2.45) is 0 Å². The average molecular weight is 450 g/mol.